The molecule has 8 nitrogen and oxygen atoms in total. The molecule has 1 fully saturated rings. The van der Waals surface area contributed by atoms with Gasteiger partial charge in [0, 0.05) is 63.5 Å². The molecule has 2 aromatic heterocycles. The summed E-state index contributed by atoms with van der Waals surface area (Å²) < 4.78 is 11.2. The lowest BCUT2D eigenvalue weighted by molar-refractivity contribution is -0.132. The molecule has 0 unspecified atom stereocenters. The number of aromatic nitrogens is 3. The lowest BCUT2D eigenvalue weighted by Gasteiger charge is -2.28. The van der Waals surface area contributed by atoms with Crippen molar-refractivity contribution in [2.75, 3.05) is 39.4 Å². The lowest BCUT2D eigenvalue weighted by atomic mass is 10.1. The number of amides is 1. The minimum atomic E-state index is 0.0869. The van der Waals surface area contributed by atoms with Crippen molar-refractivity contribution in [3.05, 3.63) is 65.8 Å². The minimum Gasteiger partial charge on any atom is -0.421 e. The molecule has 1 saturated heterocycles. The quantitative estimate of drug-likeness (QED) is 0.470. The maximum absolute atomic E-state index is 13.1. The van der Waals surface area contributed by atoms with Gasteiger partial charge < -0.3 is 14.1 Å². The summed E-state index contributed by atoms with van der Waals surface area (Å²) >= 11 is 0. The molecule has 4 rings (SSSR count). The fraction of sp³-hybridized carbons (Fsp3) is 0.440. The number of carbonyl (C=O) groups excluding carboxylic acids is 1. The van der Waals surface area contributed by atoms with Crippen LogP contribution >= 0.6 is 0 Å². The number of ether oxygens (including phenoxy) is 1. The second kappa shape index (κ2) is 11.7. The van der Waals surface area contributed by atoms with Gasteiger partial charge in [-0.3, -0.25) is 14.7 Å². The Morgan fingerprint density at radius 3 is 2.58 bits per heavy atom. The normalized spacial score (nSPS) is 14.3. The van der Waals surface area contributed by atoms with Gasteiger partial charge in [-0.2, -0.15) is 0 Å². The van der Waals surface area contributed by atoms with E-state index in [0.717, 1.165) is 50.4 Å². The molecule has 33 heavy (non-hydrogen) atoms. The molecule has 0 radical (unpaired) electrons. The highest BCUT2D eigenvalue weighted by Gasteiger charge is 2.17. The average Bonchev–Trinajstić information content (AvgIpc) is 3.33. The maximum atomic E-state index is 13.1. The number of hydrogen-bond acceptors (Lipinski definition) is 7. The Hall–Kier alpha value is -3.10. The molecule has 174 valence electrons. The third-order valence-corrected chi connectivity index (χ3v) is 5.80. The highest BCUT2D eigenvalue weighted by Crippen LogP contribution is 2.19. The second-order valence-corrected chi connectivity index (χ2v) is 8.35. The number of morpholine rings is 1. The van der Waals surface area contributed by atoms with Crippen LogP contribution in [0.2, 0.25) is 0 Å². The number of carbonyl (C=O) groups is 1. The minimum absolute atomic E-state index is 0.0869. The molecule has 0 bridgehead atoms. The van der Waals surface area contributed by atoms with Crippen LogP contribution in [0.3, 0.4) is 0 Å². The molecule has 1 aromatic carbocycles. The van der Waals surface area contributed by atoms with E-state index in [0.29, 0.717) is 37.7 Å². The van der Waals surface area contributed by atoms with Crippen LogP contribution in [0.25, 0.3) is 11.5 Å². The summed E-state index contributed by atoms with van der Waals surface area (Å²) in [7, 11) is 0. The number of benzene rings is 1. The molecule has 8 heteroatoms. The number of nitrogens with zero attached hydrogens (tertiary/aromatic N) is 5. The van der Waals surface area contributed by atoms with Crippen molar-refractivity contribution in [3.63, 3.8) is 0 Å². The fourth-order valence-electron chi connectivity index (χ4n) is 3.85. The van der Waals surface area contributed by atoms with Gasteiger partial charge in [-0.15, -0.1) is 10.2 Å². The molecule has 0 spiro atoms. The summed E-state index contributed by atoms with van der Waals surface area (Å²) in [5, 5.41) is 8.28. The third kappa shape index (κ3) is 6.94. The number of aryl methyl sites for hydroxylation is 2. The number of hydrogen-bond donors (Lipinski definition) is 0. The zero-order valence-corrected chi connectivity index (χ0v) is 19.2. The number of rotatable bonds is 10. The molecule has 3 aromatic rings. The van der Waals surface area contributed by atoms with Gasteiger partial charge in [0.1, 0.15) is 0 Å². The maximum Gasteiger partial charge on any atom is 0.247 e. The van der Waals surface area contributed by atoms with Gasteiger partial charge in [-0.05, 0) is 43.2 Å². The molecule has 0 atom stereocenters. The topological polar surface area (TPSA) is 84.6 Å². The van der Waals surface area contributed by atoms with Crippen molar-refractivity contribution in [3.8, 4) is 11.5 Å². The second-order valence-electron chi connectivity index (χ2n) is 8.35. The van der Waals surface area contributed by atoms with E-state index in [4.69, 9.17) is 9.15 Å². The van der Waals surface area contributed by atoms with Crippen molar-refractivity contribution in [2.24, 2.45) is 0 Å². The fourth-order valence-corrected chi connectivity index (χ4v) is 3.85. The van der Waals surface area contributed by atoms with Crippen LogP contribution in [0.4, 0.5) is 0 Å². The molecule has 0 aliphatic carbocycles. The molecular formula is C25H31N5O3. The van der Waals surface area contributed by atoms with Crippen molar-refractivity contribution < 1.29 is 13.9 Å². The van der Waals surface area contributed by atoms with Gasteiger partial charge in [-0.1, -0.05) is 17.7 Å². The van der Waals surface area contributed by atoms with Crippen molar-refractivity contribution in [1.82, 2.24) is 25.0 Å². The zero-order chi connectivity index (χ0) is 22.9. The molecule has 0 N–H and O–H groups in total. The summed E-state index contributed by atoms with van der Waals surface area (Å²) in [6.45, 7) is 7.76. The standard InChI is InChI=1S/C25H31N5O3/c1-20-3-5-22(6-4-20)25-28-27-23(33-25)7-8-24(31)30(19-21-9-11-26-12-10-21)14-2-13-29-15-17-32-18-16-29/h3-6,9-12H,2,7-8,13-19H2,1H3. The highest BCUT2D eigenvalue weighted by molar-refractivity contribution is 5.76. The van der Waals surface area contributed by atoms with Crippen molar-refractivity contribution >= 4 is 5.91 Å². The summed E-state index contributed by atoms with van der Waals surface area (Å²) in [5.74, 6) is 1.05. The molecule has 1 aliphatic heterocycles. The first-order valence-corrected chi connectivity index (χ1v) is 11.5. The van der Waals surface area contributed by atoms with E-state index in [-0.39, 0.29) is 5.91 Å². The van der Waals surface area contributed by atoms with E-state index < -0.39 is 0 Å². The summed E-state index contributed by atoms with van der Waals surface area (Å²) in [6, 6.07) is 11.8. The predicted octanol–water partition coefficient (Wildman–Crippen LogP) is 3.12. The SMILES string of the molecule is Cc1ccc(-c2nnc(CCC(=O)N(CCCN3CCOCC3)Cc3ccncc3)o2)cc1. The van der Waals surface area contributed by atoms with Crippen molar-refractivity contribution in [2.45, 2.75) is 32.7 Å². The Kier molecular flexibility index (Phi) is 8.16. The van der Waals surface area contributed by atoms with E-state index in [9.17, 15) is 4.79 Å². The molecule has 1 amide bonds. The Balaban J connectivity index is 1.33. The monoisotopic (exact) mass is 449 g/mol. The Bertz CT molecular complexity index is 1000. The molecule has 3 heterocycles. The summed E-state index contributed by atoms with van der Waals surface area (Å²) in [4.78, 5) is 21.5. The van der Waals surface area contributed by atoms with Crippen LogP contribution in [0.1, 0.15) is 29.9 Å². The van der Waals surface area contributed by atoms with E-state index in [1.165, 1.54) is 5.56 Å². The van der Waals surface area contributed by atoms with Crippen LogP contribution in [-0.4, -0.2) is 70.3 Å². The number of pyridine rings is 1. The van der Waals surface area contributed by atoms with Crippen LogP contribution in [0, 0.1) is 6.92 Å². The predicted molar refractivity (Wildman–Crippen MR) is 124 cm³/mol. The van der Waals surface area contributed by atoms with Crippen LogP contribution in [0.5, 0.6) is 0 Å². The Morgan fingerprint density at radius 1 is 1.06 bits per heavy atom. The van der Waals surface area contributed by atoms with Crippen LogP contribution in [0.15, 0.2) is 53.2 Å². The van der Waals surface area contributed by atoms with Crippen LogP contribution < -0.4 is 0 Å². The van der Waals surface area contributed by atoms with E-state index in [2.05, 4.69) is 20.1 Å². The van der Waals surface area contributed by atoms with Gasteiger partial charge in [0.15, 0.2) is 0 Å². The first kappa shape index (κ1) is 23.1. The summed E-state index contributed by atoms with van der Waals surface area (Å²) in [5.41, 5.74) is 3.13. The molecule has 1 aliphatic rings. The molecular weight excluding hydrogens is 418 g/mol. The van der Waals surface area contributed by atoms with Gasteiger partial charge in [0.2, 0.25) is 17.7 Å². The Morgan fingerprint density at radius 2 is 1.82 bits per heavy atom. The first-order chi connectivity index (χ1) is 16.2. The average molecular weight is 450 g/mol. The zero-order valence-electron chi connectivity index (χ0n) is 19.2. The van der Waals surface area contributed by atoms with E-state index >= 15 is 0 Å². The highest BCUT2D eigenvalue weighted by atomic mass is 16.5. The van der Waals surface area contributed by atoms with Crippen LogP contribution in [-0.2, 0) is 22.5 Å². The van der Waals surface area contributed by atoms with Gasteiger partial charge in [0.05, 0.1) is 13.2 Å². The lowest BCUT2D eigenvalue weighted by Crippen LogP contribution is -2.39. The third-order valence-electron chi connectivity index (χ3n) is 5.80. The van der Waals surface area contributed by atoms with Gasteiger partial charge in [-0.25, -0.2) is 0 Å². The Labute approximate surface area is 194 Å². The smallest absolute Gasteiger partial charge is 0.247 e. The largest absolute Gasteiger partial charge is 0.421 e. The van der Waals surface area contributed by atoms with E-state index in [1.54, 1.807) is 12.4 Å². The van der Waals surface area contributed by atoms with E-state index in [1.807, 2.05) is 48.2 Å². The molecule has 0 saturated carbocycles. The summed E-state index contributed by atoms with van der Waals surface area (Å²) in [6.07, 6.45) is 5.20. The van der Waals surface area contributed by atoms with Gasteiger partial charge in [0.25, 0.3) is 0 Å². The first-order valence-electron chi connectivity index (χ1n) is 11.5. The van der Waals surface area contributed by atoms with Crippen molar-refractivity contribution in [1.29, 1.82) is 0 Å². The van der Waals surface area contributed by atoms with Gasteiger partial charge >= 0.3 is 0 Å².